The van der Waals surface area contributed by atoms with Crippen LogP contribution in [-0.2, 0) is 9.59 Å². The third kappa shape index (κ3) is 3.88. The lowest BCUT2D eigenvalue weighted by atomic mass is 9.77. The summed E-state index contributed by atoms with van der Waals surface area (Å²) in [7, 11) is 0. The van der Waals surface area contributed by atoms with Gasteiger partial charge in [-0.3, -0.25) is 14.5 Å². The standard InChI is InChI=1S/C23H27ClN4O3S/c1-14-4-8-23(9-5-14)21(30)28(22(31)26-23)13-19(29)27-10-6-15(7-11-27)20-25-17-12-16(24)2-3-18(17)32-20/h2-3,12,14-15H,4-11,13H2,1H3,(H,26,31). The highest BCUT2D eigenvalue weighted by Crippen LogP contribution is 2.37. The molecule has 32 heavy (non-hydrogen) atoms. The zero-order valence-corrected chi connectivity index (χ0v) is 19.7. The second-order valence-corrected chi connectivity index (χ2v) is 10.9. The van der Waals surface area contributed by atoms with Crippen LogP contribution in [0.4, 0.5) is 4.79 Å². The summed E-state index contributed by atoms with van der Waals surface area (Å²) in [5, 5.41) is 4.65. The molecule has 1 saturated carbocycles. The number of urea groups is 1. The molecule has 2 saturated heterocycles. The number of rotatable bonds is 3. The first kappa shape index (κ1) is 21.6. The summed E-state index contributed by atoms with van der Waals surface area (Å²) in [5.41, 5.74) is 0.118. The second kappa shape index (κ2) is 8.30. The molecule has 1 aliphatic carbocycles. The summed E-state index contributed by atoms with van der Waals surface area (Å²) < 4.78 is 1.12. The van der Waals surface area contributed by atoms with E-state index in [0.29, 0.717) is 42.8 Å². The molecule has 0 radical (unpaired) electrons. The van der Waals surface area contributed by atoms with E-state index >= 15 is 0 Å². The Labute approximate surface area is 196 Å². The number of amides is 4. The highest BCUT2D eigenvalue weighted by Gasteiger charge is 2.52. The van der Waals surface area contributed by atoms with Gasteiger partial charge in [0.05, 0.1) is 15.2 Å². The molecule has 0 unspecified atom stereocenters. The van der Waals surface area contributed by atoms with Crippen molar-refractivity contribution >= 4 is 51.0 Å². The van der Waals surface area contributed by atoms with Crippen LogP contribution in [0.3, 0.4) is 0 Å². The highest BCUT2D eigenvalue weighted by molar-refractivity contribution is 7.18. The molecule has 4 amide bonds. The van der Waals surface area contributed by atoms with Crippen LogP contribution in [0.25, 0.3) is 10.2 Å². The number of imide groups is 1. The molecule has 3 heterocycles. The summed E-state index contributed by atoms with van der Waals surface area (Å²) in [6.07, 6.45) is 4.78. The van der Waals surface area contributed by atoms with Gasteiger partial charge in [-0.05, 0) is 62.6 Å². The topological polar surface area (TPSA) is 82.6 Å². The van der Waals surface area contributed by atoms with Gasteiger partial charge in [0.2, 0.25) is 5.91 Å². The number of carbonyl (C=O) groups excluding carboxylic acids is 3. The Kier molecular flexibility index (Phi) is 5.61. The number of hydrogen-bond donors (Lipinski definition) is 1. The van der Waals surface area contributed by atoms with Crippen molar-refractivity contribution in [3.8, 4) is 0 Å². The third-order valence-electron chi connectivity index (χ3n) is 7.23. The first-order chi connectivity index (χ1) is 15.3. The van der Waals surface area contributed by atoms with Crippen LogP contribution < -0.4 is 5.32 Å². The van der Waals surface area contributed by atoms with Crippen molar-refractivity contribution in [2.24, 2.45) is 5.92 Å². The lowest BCUT2D eigenvalue weighted by Gasteiger charge is -2.34. The Hall–Kier alpha value is -2.19. The molecule has 170 valence electrons. The maximum absolute atomic E-state index is 13.0. The van der Waals surface area contributed by atoms with Crippen molar-refractivity contribution in [3.05, 3.63) is 28.2 Å². The van der Waals surface area contributed by atoms with Crippen LogP contribution in [0.15, 0.2) is 18.2 Å². The average Bonchev–Trinajstić information content (AvgIpc) is 3.30. The second-order valence-electron chi connectivity index (χ2n) is 9.41. The molecular weight excluding hydrogens is 448 g/mol. The smallest absolute Gasteiger partial charge is 0.325 e. The van der Waals surface area contributed by atoms with Gasteiger partial charge in [0.1, 0.15) is 12.1 Å². The number of piperidine rings is 1. The molecule has 3 aliphatic rings. The lowest BCUT2D eigenvalue weighted by Crippen LogP contribution is -2.50. The van der Waals surface area contributed by atoms with Crippen LogP contribution in [-0.4, -0.2) is 57.8 Å². The number of likely N-dealkylation sites (tertiary alicyclic amines) is 1. The number of nitrogens with zero attached hydrogens (tertiary/aromatic N) is 3. The molecule has 7 nitrogen and oxygen atoms in total. The van der Waals surface area contributed by atoms with E-state index in [0.717, 1.165) is 45.8 Å². The maximum Gasteiger partial charge on any atom is 0.325 e. The van der Waals surface area contributed by atoms with Crippen LogP contribution >= 0.6 is 22.9 Å². The van der Waals surface area contributed by atoms with E-state index in [1.807, 2.05) is 18.2 Å². The Balaban J connectivity index is 1.19. The molecule has 2 aromatic rings. The van der Waals surface area contributed by atoms with E-state index < -0.39 is 11.6 Å². The predicted molar refractivity (Wildman–Crippen MR) is 124 cm³/mol. The molecule has 1 N–H and O–H groups in total. The molecule has 9 heteroatoms. The molecule has 0 bridgehead atoms. The SMILES string of the molecule is CC1CCC2(CC1)NC(=O)N(CC(=O)N1CCC(c3nc4cc(Cl)ccc4s3)CC1)C2=O. The fraction of sp³-hybridized carbons (Fsp3) is 0.565. The van der Waals surface area contributed by atoms with Gasteiger partial charge in [-0.25, -0.2) is 9.78 Å². The van der Waals surface area contributed by atoms with Crippen LogP contribution in [0.1, 0.15) is 56.4 Å². The van der Waals surface area contributed by atoms with Crippen molar-refractivity contribution in [2.45, 2.75) is 56.9 Å². The third-order valence-corrected chi connectivity index (χ3v) is 8.66. The largest absolute Gasteiger partial charge is 0.341 e. The molecular formula is C23H27ClN4O3S. The van der Waals surface area contributed by atoms with Gasteiger partial charge in [-0.1, -0.05) is 18.5 Å². The summed E-state index contributed by atoms with van der Waals surface area (Å²) >= 11 is 7.76. The minimum absolute atomic E-state index is 0.163. The zero-order valence-electron chi connectivity index (χ0n) is 18.1. The van der Waals surface area contributed by atoms with Crippen LogP contribution in [0, 0.1) is 5.92 Å². The van der Waals surface area contributed by atoms with Crippen molar-refractivity contribution in [2.75, 3.05) is 19.6 Å². The Morgan fingerprint density at radius 3 is 2.66 bits per heavy atom. The fourth-order valence-corrected chi connectivity index (χ4v) is 6.40. The van der Waals surface area contributed by atoms with Crippen molar-refractivity contribution in [3.63, 3.8) is 0 Å². The molecule has 5 rings (SSSR count). The maximum atomic E-state index is 13.0. The fourth-order valence-electron chi connectivity index (χ4n) is 5.12. The summed E-state index contributed by atoms with van der Waals surface area (Å²) in [5.74, 6) is 0.476. The minimum atomic E-state index is -0.799. The van der Waals surface area contributed by atoms with E-state index in [1.165, 1.54) is 0 Å². The average molecular weight is 475 g/mol. The minimum Gasteiger partial charge on any atom is -0.341 e. The van der Waals surface area contributed by atoms with Gasteiger partial charge in [-0.2, -0.15) is 0 Å². The first-order valence-electron chi connectivity index (χ1n) is 11.3. The quantitative estimate of drug-likeness (QED) is 0.677. The molecule has 1 aromatic carbocycles. The first-order valence-corrected chi connectivity index (χ1v) is 12.5. The number of hydrogen-bond acceptors (Lipinski definition) is 5. The number of fused-ring (bicyclic) bond motifs is 1. The Morgan fingerprint density at radius 2 is 1.94 bits per heavy atom. The number of nitrogens with one attached hydrogen (secondary N) is 1. The number of benzene rings is 1. The van der Waals surface area contributed by atoms with E-state index in [9.17, 15) is 14.4 Å². The van der Waals surface area contributed by atoms with Gasteiger partial charge < -0.3 is 10.2 Å². The lowest BCUT2D eigenvalue weighted by molar-refractivity contribution is -0.140. The van der Waals surface area contributed by atoms with Gasteiger partial charge >= 0.3 is 6.03 Å². The van der Waals surface area contributed by atoms with Gasteiger partial charge in [0.15, 0.2) is 0 Å². The van der Waals surface area contributed by atoms with E-state index in [4.69, 9.17) is 16.6 Å². The normalized spacial score (nSPS) is 26.9. The van der Waals surface area contributed by atoms with Gasteiger partial charge in [0.25, 0.3) is 5.91 Å². The molecule has 1 spiro atoms. The van der Waals surface area contributed by atoms with Crippen LogP contribution in [0.5, 0.6) is 0 Å². The summed E-state index contributed by atoms with van der Waals surface area (Å²) in [6.45, 7) is 3.20. The Bertz CT molecular complexity index is 1070. The highest BCUT2D eigenvalue weighted by atomic mass is 35.5. The summed E-state index contributed by atoms with van der Waals surface area (Å²) in [6, 6.07) is 5.32. The molecule has 2 aliphatic heterocycles. The van der Waals surface area contributed by atoms with E-state index in [1.54, 1.807) is 16.2 Å². The van der Waals surface area contributed by atoms with Crippen molar-refractivity contribution < 1.29 is 14.4 Å². The van der Waals surface area contributed by atoms with Crippen molar-refractivity contribution in [1.29, 1.82) is 0 Å². The number of carbonyl (C=O) groups is 3. The predicted octanol–water partition coefficient (Wildman–Crippen LogP) is 4.16. The monoisotopic (exact) mass is 474 g/mol. The Morgan fingerprint density at radius 1 is 1.22 bits per heavy atom. The summed E-state index contributed by atoms with van der Waals surface area (Å²) in [4.78, 5) is 46.1. The molecule has 3 fully saturated rings. The molecule has 1 aromatic heterocycles. The number of halogens is 1. The van der Waals surface area contributed by atoms with E-state index in [-0.39, 0.29) is 18.4 Å². The van der Waals surface area contributed by atoms with Crippen LogP contribution in [0.2, 0.25) is 5.02 Å². The van der Waals surface area contributed by atoms with E-state index in [2.05, 4.69) is 12.2 Å². The van der Waals surface area contributed by atoms with Gasteiger partial charge in [-0.15, -0.1) is 11.3 Å². The number of thiazole rings is 1. The zero-order chi connectivity index (χ0) is 22.5. The van der Waals surface area contributed by atoms with Crippen molar-refractivity contribution in [1.82, 2.24) is 20.1 Å². The number of aromatic nitrogens is 1. The molecule has 0 atom stereocenters. The van der Waals surface area contributed by atoms with Gasteiger partial charge in [0, 0.05) is 24.0 Å².